The molecule has 2 nitrogen and oxygen atoms in total. The number of aromatic nitrogens is 1. The van der Waals surface area contributed by atoms with Crippen LogP contribution in [0.15, 0.2) is 61.2 Å². The molecule has 0 atom stereocenters. The molecular weight excluding hydrogens is 428 g/mol. The second kappa shape index (κ2) is 11.6. The number of hydrogen-bond donors (Lipinski definition) is 1. The molecule has 0 aliphatic heterocycles. The Labute approximate surface area is 193 Å². The van der Waals surface area contributed by atoms with Gasteiger partial charge in [0, 0.05) is 16.8 Å². The highest BCUT2D eigenvalue weighted by atomic mass is 19.4. The van der Waals surface area contributed by atoms with Crippen molar-refractivity contribution in [2.45, 2.75) is 53.1 Å². The van der Waals surface area contributed by atoms with Gasteiger partial charge in [-0.25, -0.2) is 9.37 Å². The molecule has 1 aromatic heterocycles. The van der Waals surface area contributed by atoms with Crippen LogP contribution in [0.4, 0.5) is 23.4 Å². The number of benzene rings is 2. The van der Waals surface area contributed by atoms with Crippen LogP contribution in [0.1, 0.15) is 55.4 Å². The smallest absolute Gasteiger partial charge is 0.340 e. The van der Waals surface area contributed by atoms with E-state index in [1.54, 1.807) is 25.1 Å². The first-order valence-electron chi connectivity index (χ1n) is 10.9. The molecule has 0 aliphatic carbocycles. The molecule has 2 aromatic carbocycles. The fourth-order valence-electron chi connectivity index (χ4n) is 3.32. The highest BCUT2D eigenvalue weighted by Crippen LogP contribution is 2.37. The van der Waals surface area contributed by atoms with E-state index in [0.29, 0.717) is 17.1 Å². The van der Waals surface area contributed by atoms with Crippen molar-refractivity contribution in [2.24, 2.45) is 0 Å². The summed E-state index contributed by atoms with van der Waals surface area (Å²) in [4.78, 5) is 4.33. The first-order chi connectivity index (χ1) is 15.6. The lowest BCUT2D eigenvalue weighted by molar-refractivity contribution is -0.137. The molecule has 3 rings (SSSR count). The SMILES string of the molecule is C=C(Nc1cc(C)cc(-c2ccccc2C(F)(F)F)n1)c1cc(F)ccc1C.CCCCC. The van der Waals surface area contributed by atoms with Gasteiger partial charge in [-0.3, -0.25) is 0 Å². The highest BCUT2D eigenvalue weighted by molar-refractivity contribution is 5.77. The van der Waals surface area contributed by atoms with E-state index in [1.165, 1.54) is 49.6 Å². The number of halogens is 4. The van der Waals surface area contributed by atoms with Gasteiger partial charge in [0.1, 0.15) is 11.6 Å². The van der Waals surface area contributed by atoms with E-state index < -0.39 is 17.6 Å². The van der Waals surface area contributed by atoms with Gasteiger partial charge in [0.2, 0.25) is 0 Å². The van der Waals surface area contributed by atoms with E-state index in [2.05, 4.69) is 30.7 Å². The molecule has 0 spiro atoms. The lowest BCUT2D eigenvalue weighted by atomic mass is 10.0. The van der Waals surface area contributed by atoms with Crippen molar-refractivity contribution in [2.75, 3.05) is 5.32 Å². The molecule has 0 unspecified atom stereocenters. The number of nitrogens with zero attached hydrogens (tertiary/aromatic N) is 1. The Morgan fingerprint density at radius 2 is 1.64 bits per heavy atom. The summed E-state index contributed by atoms with van der Waals surface area (Å²) in [6.45, 7) is 11.9. The van der Waals surface area contributed by atoms with E-state index in [1.807, 2.05) is 6.92 Å². The first kappa shape index (κ1) is 26.1. The van der Waals surface area contributed by atoms with Crippen molar-refractivity contribution in [1.29, 1.82) is 0 Å². The second-order valence-electron chi connectivity index (χ2n) is 7.87. The average molecular weight is 459 g/mol. The quantitative estimate of drug-likeness (QED) is 0.373. The third-order valence-corrected chi connectivity index (χ3v) is 4.99. The number of anilines is 1. The minimum absolute atomic E-state index is 0.00528. The van der Waals surface area contributed by atoms with E-state index >= 15 is 0 Å². The molecule has 0 aliphatic rings. The van der Waals surface area contributed by atoms with Gasteiger partial charge in [-0.05, 0) is 55.3 Å². The molecule has 1 N–H and O–H groups in total. The Balaban J connectivity index is 0.000000696. The van der Waals surface area contributed by atoms with Crippen LogP contribution in [-0.4, -0.2) is 4.98 Å². The molecular formula is C27H30F4N2. The van der Waals surface area contributed by atoms with E-state index in [4.69, 9.17) is 0 Å². The molecule has 33 heavy (non-hydrogen) atoms. The molecule has 0 saturated carbocycles. The normalized spacial score (nSPS) is 10.9. The lowest BCUT2D eigenvalue weighted by Gasteiger charge is -2.16. The number of rotatable bonds is 6. The van der Waals surface area contributed by atoms with Gasteiger partial charge in [0.15, 0.2) is 0 Å². The van der Waals surface area contributed by atoms with Crippen LogP contribution in [0.25, 0.3) is 17.0 Å². The maximum absolute atomic E-state index is 13.6. The summed E-state index contributed by atoms with van der Waals surface area (Å²) in [5.74, 6) is -0.0683. The van der Waals surface area contributed by atoms with Gasteiger partial charge >= 0.3 is 6.18 Å². The van der Waals surface area contributed by atoms with Crippen molar-refractivity contribution in [3.05, 3.63) is 89.2 Å². The summed E-state index contributed by atoms with van der Waals surface area (Å²) >= 11 is 0. The molecule has 0 fully saturated rings. The third kappa shape index (κ3) is 7.45. The van der Waals surface area contributed by atoms with Crippen LogP contribution >= 0.6 is 0 Å². The van der Waals surface area contributed by atoms with Crippen molar-refractivity contribution < 1.29 is 17.6 Å². The van der Waals surface area contributed by atoms with Crippen LogP contribution in [0.3, 0.4) is 0 Å². The highest BCUT2D eigenvalue weighted by Gasteiger charge is 2.33. The summed E-state index contributed by atoms with van der Waals surface area (Å²) in [6.07, 6.45) is -0.412. The molecule has 1 heterocycles. The van der Waals surface area contributed by atoms with E-state index in [0.717, 1.165) is 17.2 Å². The molecule has 0 bridgehead atoms. The summed E-state index contributed by atoms with van der Waals surface area (Å²) in [5, 5.41) is 2.98. The number of nitrogens with one attached hydrogen (secondary N) is 1. The van der Waals surface area contributed by atoms with Gasteiger partial charge in [-0.2, -0.15) is 13.2 Å². The zero-order valence-corrected chi connectivity index (χ0v) is 19.5. The summed E-state index contributed by atoms with van der Waals surface area (Å²) in [5.41, 5.74) is 1.96. The topological polar surface area (TPSA) is 24.9 Å². The van der Waals surface area contributed by atoms with Crippen molar-refractivity contribution in [3.63, 3.8) is 0 Å². The monoisotopic (exact) mass is 458 g/mol. The number of pyridine rings is 1. The van der Waals surface area contributed by atoms with E-state index in [-0.39, 0.29) is 11.3 Å². The zero-order chi connectivity index (χ0) is 24.6. The van der Waals surface area contributed by atoms with Crippen LogP contribution in [0, 0.1) is 19.7 Å². The van der Waals surface area contributed by atoms with Gasteiger partial charge in [-0.1, -0.05) is 64.0 Å². The Hall–Kier alpha value is -3.15. The summed E-state index contributed by atoms with van der Waals surface area (Å²) in [6, 6.07) is 12.9. The first-order valence-corrected chi connectivity index (χ1v) is 10.9. The van der Waals surface area contributed by atoms with Crippen molar-refractivity contribution in [3.8, 4) is 11.3 Å². The van der Waals surface area contributed by atoms with Crippen LogP contribution in [-0.2, 0) is 6.18 Å². The standard InChI is InChI=1S/C22H18F4N2.C5H12/c1-13-10-20(17-6-4-5-7-19(17)22(24,25)26)28-21(11-13)27-15(3)18-12-16(23)9-8-14(18)2;1-3-5-4-2/h4-12H,3H2,1-2H3,(H,27,28);3-5H2,1-2H3. The van der Waals surface area contributed by atoms with Gasteiger partial charge in [0.25, 0.3) is 0 Å². The van der Waals surface area contributed by atoms with E-state index in [9.17, 15) is 17.6 Å². The predicted molar refractivity (Wildman–Crippen MR) is 128 cm³/mol. The minimum atomic E-state index is -4.49. The van der Waals surface area contributed by atoms with Crippen molar-refractivity contribution >= 4 is 11.5 Å². The van der Waals surface area contributed by atoms with Crippen LogP contribution < -0.4 is 5.32 Å². The molecule has 6 heteroatoms. The fourth-order valence-corrected chi connectivity index (χ4v) is 3.32. The summed E-state index contributed by atoms with van der Waals surface area (Å²) in [7, 11) is 0. The maximum Gasteiger partial charge on any atom is 0.417 e. The van der Waals surface area contributed by atoms with Crippen LogP contribution in [0.5, 0.6) is 0 Å². The minimum Gasteiger partial charge on any atom is -0.340 e. The Morgan fingerprint density at radius 1 is 0.970 bits per heavy atom. The molecule has 0 radical (unpaired) electrons. The number of hydrogen-bond acceptors (Lipinski definition) is 2. The van der Waals surface area contributed by atoms with Crippen LogP contribution in [0.2, 0.25) is 0 Å². The molecule has 0 saturated heterocycles. The Morgan fingerprint density at radius 3 is 2.24 bits per heavy atom. The van der Waals surface area contributed by atoms with Crippen molar-refractivity contribution in [1.82, 2.24) is 4.98 Å². The van der Waals surface area contributed by atoms with Gasteiger partial charge < -0.3 is 5.32 Å². The number of alkyl halides is 3. The van der Waals surface area contributed by atoms with Gasteiger partial charge in [-0.15, -0.1) is 0 Å². The number of aryl methyl sites for hydroxylation is 2. The molecule has 0 amide bonds. The molecule has 3 aromatic rings. The van der Waals surface area contributed by atoms with Gasteiger partial charge in [0.05, 0.1) is 11.3 Å². The molecule has 176 valence electrons. The lowest BCUT2D eigenvalue weighted by Crippen LogP contribution is -2.08. The fraction of sp³-hybridized carbons (Fsp3) is 0.296. The summed E-state index contributed by atoms with van der Waals surface area (Å²) < 4.78 is 53.6. The average Bonchev–Trinajstić information content (AvgIpc) is 2.75. The third-order valence-electron chi connectivity index (χ3n) is 4.99. The Bertz CT molecular complexity index is 1090. The predicted octanol–water partition coefficient (Wildman–Crippen LogP) is 8.80. The number of unbranched alkanes of at least 4 members (excludes halogenated alkanes) is 2. The largest absolute Gasteiger partial charge is 0.417 e. The Kier molecular flexibility index (Phi) is 9.21. The zero-order valence-electron chi connectivity index (χ0n) is 19.5. The maximum atomic E-state index is 13.6. The second-order valence-corrected chi connectivity index (χ2v) is 7.87.